The van der Waals surface area contributed by atoms with Crippen LogP contribution in [-0.4, -0.2) is 31.9 Å². The molecule has 1 aliphatic heterocycles. The second kappa shape index (κ2) is 8.10. The van der Waals surface area contributed by atoms with Gasteiger partial charge in [-0.25, -0.2) is 8.42 Å². The van der Waals surface area contributed by atoms with Crippen molar-refractivity contribution >= 4 is 10.0 Å². The van der Waals surface area contributed by atoms with E-state index in [1.807, 2.05) is 0 Å². The van der Waals surface area contributed by atoms with Gasteiger partial charge in [-0.1, -0.05) is 24.3 Å². The van der Waals surface area contributed by atoms with Gasteiger partial charge in [-0.3, -0.25) is 0 Å². The molecule has 0 unspecified atom stereocenters. The van der Waals surface area contributed by atoms with Crippen LogP contribution in [0, 0.1) is 0 Å². The van der Waals surface area contributed by atoms with Crippen LogP contribution in [0.5, 0.6) is 5.75 Å². The number of hydrogen-bond acceptors (Lipinski definition) is 3. The third-order valence-electron chi connectivity index (χ3n) is 4.70. The van der Waals surface area contributed by atoms with E-state index in [1.54, 1.807) is 0 Å². The van der Waals surface area contributed by atoms with Crippen molar-refractivity contribution in [3.8, 4) is 5.75 Å². The second-order valence-electron chi connectivity index (χ2n) is 6.71. The maximum Gasteiger partial charge on any atom is 0.419 e. The van der Waals surface area contributed by atoms with Crippen LogP contribution in [0.15, 0.2) is 53.4 Å². The van der Waals surface area contributed by atoms with Crippen molar-refractivity contribution in [3.05, 3.63) is 59.7 Å². The molecule has 0 saturated carbocycles. The number of ether oxygens (including phenoxy) is 1. The summed E-state index contributed by atoms with van der Waals surface area (Å²) in [6.45, 7) is -0.346. The van der Waals surface area contributed by atoms with E-state index >= 15 is 0 Å². The first-order valence-electron chi connectivity index (χ1n) is 8.90. The van der Waals surface area contributed by atoms with E-state index < -0.39 is 44.5 Å². The number of rotatable bonds is 4. The molecule has 164 valence electrons. The molecule has 30 heavy (non-hydrogen) atoms. The minimum atomic E-state index is -4.84. The highest BCUT2D eigenvalue weighted by molar-refractivity contribution is 7.89. The van der Waals surface area contributed by atoms with Crippen LogP contribution in [0.1, 0.15) is 24.0 Å². The maximum absolute atomic E-state index is 13.2. The Balaban J connectivity index is 1.74. The average molecular weight is 453 g/mol. The maximum atomic E-state index is 13.2. The van der Waals surface area contributed by atoms with Gasteiger partial charge < -0.3 is 4.74 Å². The first-order chi connectivity index (χ1) is 13.9. The Bertz CT molecular complexity index is 996. The molecule has 0 N–H and O–H groups in total. The highest BCUT2D eigenvalue weighted by Gasteiger charge is 2.40. The number of para-hydroxylation sites is 1. The molecule has 3 rings (SSSR count). The average Bonchev–Trinajstić information content (AvgIpc) is 2.67. The van der Waals surface area contributed by atoms with Gasteiger partial charge in [-0.15, -0.1) is 0 Å². The lowest BCUT2D eigenvalue weighted by atomic mass is 10.1. The van der Waals surface area contributed by atoms with Gasteiger partial charge in [0.1, 0.15) is 11.9 Å². The summed E-state index contributed by atoms with van der Waals surface area (Å²) in [7, 11) is -4.43. The first kappa shape index (κ1) is 22.4. The molecule has 11 heteroatoms. The summed E-state index contributed by atoms with van der Waals surface area (Å²) in [5.74, 6) is -0.367. The molecular formula is C19H17F6NO3S. The van der Waals surface area contributed by atoms with Crippen molar-refractivity contribution in [2.75, 3.05) is 13.1 Å². The SMILES string of the molecule is O=S(=O)(c1ccccc1C(F)(F)F)N1CCC(Oc2ccccc2C(F)(F)F)CC1. The zero-order valence-corrected chi connectivity index (χ0v) is 16.2. The molecular weight excluding hydrogens is 436 g/mol. The molecule has 1 heterocycles. The van der Waals surface area contributed by atoms with Crippen molar-refractivity contribution in [2.24, 2.45) is 0 Å². The van der Waals surface area contributed by atoms with Crippen molar-refractivity contribution in [3.63, 3.8) is 0 Å². The fraction of sp³-hybridized carbons (Fsp3) is 0.368. The summed E-state index contributed by atoms with van der Waals surface area (Å²) in [5.41, 5.74) is -2.21. The monoisotopic (exact) mass is 453 g/mol. The van der Waals surface area contributed by atoms with Crippen LogP contribution in [0.25, 0.3) is 0 Å². The van der Waals surface area contributed by atoms with E-state index in [9.17, 15) is 34.8 Å². The standard InChI is InChI=1S/C19H17F6NO3S/c20-18(21,22)14-5-1-3-7-16(14)29-13-9-11-26(12-10-13)30(27,28)17-8-4-2-6-15(17)19(23,24)25/h1-8,13H,9-12H2. The van der Waals surface area contributed by atoms with E-state index in [-0.39, 0.29) is 31.7 Å². The fourth-order valence-corrected chi connectivity index (χ4v) is 4.92. The lowest BCUT2D eigenvalue weighted by molar-refractivity contribution is -0.140. The Morgan fingerprint density at radius 3 is 1.87 bits per heavy atom. The number of hydrogen-bond donors (Lipinski definition) is 0. The molecule has 2 aromatic carbocycles. The summed E-state index contributed by atoms with van der Waals surface area (Å²) >= 11 is 0. The molecule has 0 bridgehead atoms. The van der Waals surface area contributed by atoms with Gasteiger partial charge >= 0.3 is 12.4 Å². The van der Waals surface area contributed by atoms with Gasteiger partial charge in [0.05, 0.1) is 16.0 Å². The zero-order chi connectivity index (χ0) is 22.2. The molecule has 4 nitrogen and oxygen atoms in total. The summed E-state index contributed by atoms with van der Waals surface area (Å²) in [5, 5.41) is 0. The lowest BCUT2D eigenvalue weighted by Crippen LogP contribution is -2.42. The number of nitrogens with zero attached hydrogens (tertiary/aromatic N) is 1. The molecule has 1 saturated heterocycles. The molecule has 0 spiro atoms. The highest BCUT2D eigenvalue weighted by Crippen LogP contribution is 2.38. The molecule has 0 atom stereocenters. The van der Waals surface area contributed by atoms with Gasteiger partial charge in [0.25, 0.3) is 0 Å². The van der Waals surface area contributed by atoms with E-state index in [0.29, 0.717) is 6.07 Å². The van der Waals surface area contributed by atoms with Gasteiger partial charge in [0, 0.05) is 13.1 Å². The van der Waals surface area contributed by atoms with Gasteiger partial charge in [0.15, 0.2) is 0 Å². The molecule has 0 radical (unpaired) electrons. The Morgan fingerprint density at radius 1 is 0.800 bits per heavy atom. The molecule has 1 fully saturated rings. The van der Waals surface area contributed by atoms with Crippen LogP contribution < -0.4 is 4.74 Å². The molecule has 0 amide bonds. The normalized spacial score (nSPS) is 17.1. The van der Waals surface area contributed by atoms with E-state index in [0.717, 1.165) is 22.5 Å². The van der Waals surface area contributed by atoms with Crippen LogP contribution in [0.2, 0.25) is 0 Å². The molecule has 2 aromatic rings. The predicted octanol–water partition coefficient (Wildman–Crippen LogP) is 4.96. The Morgan fingerprint density at radius 2 is 1.30 bits per heavy atom. The zero-order valence-electron chi connectivity index (χ0n) is 15.4. The van der Waals surface area contributed by atoms with Gasteiger partial charge in [-0.05, 0) is 37.1 Å². The van der Waals surface area contributed by atoms with Crippen LogP contribution in [-0.2, 0) is 22.4 Å². The number of benzene rings is 2. The topological polar surface area (TPSA) is 46.6 Å². The number of alkyl halides is 6. The Labute approximate surface area is 169 Å². The second-order valence-corrected chi connectivity index (χ2v) is 8.62. The molecule has 0 aromatic heterocycles. The van der Waals surface area contributed by atoms with Crippen molar-refractivity contribution in [2.45, 2.75) is 36.2 Å². The third-order valence-corrected chi connectivity index (χ3v) is 6.65. The summed E-state index contributed by atoms with van der Waals surface area (Å²) in [4.78, 5) is -0.848. The smallest absolute Gasteiger partial charge is 0.419 e. The number of halogens is 6. The quantitative estimate of drug-likeness (QED) is 0.615. The number of sulfonamides is 1. The number of piperidine rings is 1. The largest absolute Gasteiger partial charge is 0.490 e. The van der Waals surface area contributed by atoms with Crippen molar-refractivity contribution in [1.82, 2.24) is 4.31 Å². The van der Waals surface area contributed by atoms with Crippen LogP contribution in [0.4, 0.5) is 26.3 Å². The van der Waals surface area contributed by atoms with Gasteiger partial charge in [-0.2, -0.15) is 30.6 Å². The van der Waals surface area contributed by atoms with Crippen LogP contribution >= 0.6 is 0 Å². The van der Waals surface area contributed by atoms with E-state index in [4.69, 9.17) is 4.74 Å². The fourth-order valence-electron chi connectivity index (χ4n) is 3.24. The minimum Gasteiger partial charge on any atom is -0.490 e. The Kier molecular flexibility index (Phi) is 6.06. The van der Waals surface area contributed by atoms with Crippen molar-refractivity contribution in [1.29, 1.82) is 0 Å². The summed E-state index contributed by atoms with van der Waals surface area (Å²) < 4.78 is 111. The van der Waals surface area contributed by atoms with E-state index in [1.165, 1.54) is 24.3 Å². The lowest BCUT2D eigenvalue weighted by Gasteiger charge is -2.32. The van der Waals surface area contributed by atoms with Crippen LogP contribution in [0.3, 0.4) is 0 Å². The summed E-state index contributed by atoms with van der Waals surface area (Å²) in [6.07, 6.45) is -10.1. The first-order valence-corrected chi connectivity index (χ1v) is 10.3. The molecule has 0 aliphatic carbocycles. The van der Waals surface area contributed by atoms with Gasteiger partial charge in [0.2, 0.25) is 10.0 Å². The van der Waals surface area contributed by atoms with Crippen molar-refractivity contribution < 1.29 is 39.5 Å². The third kappa shape index (κ3) is 4.72. The highest BCUT2D eigenvalue weighted by atomic mass is 32.2. The Hall–Kier alpha value is -2.27. The minimum absolute atomic E-state index is 0.0413. The van der Waals surface area contributed by atoms with E-state index in [2.05, 4.69) is 0 Å². The molecule has 1 aliphatic rings. The predicted molar refractivity (Wildman–Crippen MR) is 95.3 cm³/mol. The summed E-state index contributed by atoms with van der Waals surface area (Å²) in [6, 6.07) is 8.54.